The largest absolute Gasteiger partial charge is 0.480 e. The van der Waals surface area contributed by atoms with E-state index < -0.39 is 0 Å². The lowest BCUT2D eigenvalue weighted by atomic mass is 9.99. The van der Waals surface area contributed by atoms with Crippen molar-refractivity contribution in [2.24, 2.45) is 5.92 Å². The van der Waals surface area contributed by atoms with Gasteiger partial charge in [0.05, 0.1) is 17.8 Å². The molecule has 1 aliphatic rings. The van der Waals surface area contributed by atoms with Gasteiger partial charge in [-0.15, -0.1) is 0 Å². The van der Waals surface area contributed by atoms with Crippen LogP contribution in [0.1, 0.15) is 26.7 Å². The average molecular weight is 343 g/mol. The van der Waals surface area contributed by atoms with Crippen molar-refractivity contribution < 1.29 is 4.74 Å². The van der Waals surface area contributed by atoms with Crippen LogP contribution in [0, 0.1) is 5.92 Å². The van der Waals surface area contributed by atoms with Crippen LogP contribution in [-0.2, 0) is 0 Å². The van der Waals surface area contributed by atoms with Gasteiger partial charge in [-0.05, 0) is 61.6 Å². The van der Waals surface area contributed by atoms with E-state index in [2.05, 4.69) is 50.0 Å². The van der Waals surface area contributed by atoms with Gasteiger partial charge in [0, 0.05) is 12.6 Å². The summed E-state index contributed by atoms with van der Waals surface area (Å²) in [6.07, 6.45) is 4.28. The van der Waals surface area contributed by atoms with Gasteiger partial charge in [0.15, 0.2) is 0 Å². The van der Waals surface area contributed by atoms with Gasteiger partial charge >= 0.3 is 0 Å². The maximum atomic E-state index is 5.27. The van der Waals surface area contributed by atoms with Crippen LogP contribution >= 0.6 is 15.9 Å². The minimum absolute atomic E-state index is 0.364. The normalized spacial score (nSPS) is 19.1. The van der Waals surface area contributed by atoms with Crippen LogP contribution in [0.5, 0.6) is 5.88 Å². The summed E-state index contributed by atoms with van der Waals surface area (Å²) in [6, 6.07) is 0.364. The van der Waals surface area contributed by atoms with Crippen molar-refractivity contribution >= 4 is 21.9 Å². The molecule has 20 heavy (non-hydrogen) atoms. The smallest absolute Gasteiger partial charge is 0.232 e. The lowest BCUT2D eigenvalue weighted by molar-refractivity contribution is 0.366. The first-order chi connectivity index (χ1) is 9.61. The van der Waals surface area contributed by atoms with Gasteiger partial charge in [-0.3, -0.25) is 0 Å². The quantitative estimate of drug-likeness (QED) is 0.890. The number of anilines is 1. The molecular formula is C14H23BrN4O. The molecule has 0 aromatic carbocycles. The van der Waals surface area contributed by atoms with Crippen LogP contribution in [0.3, 0.4) is 0 Å². The molecule has 0 spiro atoms. The molecule has 0 aliphatic carbocycles. The molecule has 6 heteroatoms. The second-order valence-corrected chi connectivity index (χ2v) is 6.34. The molecule has 5 nitrogen and oxygen atoms in total. The van der Waals surface area contributed by atoms with Gasteiger partial charge in [0.1, 0.15) is 0 Å². The van der Waals surface area contributed by atoms with Gasteiger partial charge in [0.2, 0.25) is 11.8 Å². The standard InChI is InChI=1S/C14H23BrN4O/c1-10(2)19(9-11-5-4-6-16-7-11)14-17-8-12(15)13(18-14)20-3/h8,10-11,16H,4-7,9H2,1-3H3. The number of ether oxygens (including phenoxy) is 1. The van der Waals surface area contributed by atoms with E-state index in [-0.39, 0.29) is 0 Å². The molecule has 1 unspecified atom stereocenters. The summed E-state index contributed by atoms with van der Waals surface area (Å²) in [7, 11) is 1.63. The molecular weight excluding hydrogens is 320 g/mol. The Bertz CT molecular complexity index is 435. The molecule has 1 atom stereocenters. The Labute approximate surface area is 129 Å². The van der Waals surface area contributed by atoms with Gasteiger partial charge < -0.3 is 15.0 Å². The van der Waals surface area contributed by atoms with Crippen molar-refractivity contribution in [2.75, 3.05) is 31.6 Å². The highest BCUT2D eigenvalue weighted by molar-refractivity contribution is 9.10. The van der Waals surface area contributed by atoms with Crippen LogP contribution in [0.2, 0.25) is 0 Å². The topological polar surface area (TPSA) is 50.3 Å². The summed E-state index contributed by atoms with van der Waals surface area (Å²) in [5, 5.41) is 3.46. The Hall–Kier alpha value is -0.880. The van der Waals surface area contributed by atoms with Crippen molar-refractivity contribution in [3.05, 3.63) is 10.7 Å². The molecule has 1 aliphatic heterocycles. The van der Waals surface area contributed by atoms with Gasteiger partial charge in [-0.25, -0.2) is 4.98 Å². The number of nitrogens with one attached hydrogen (secondary N) is 1. The van der Waals surface area contributed by atoms with Crippen LogP contribution in [0.15, 0.2) is 10.7 Å². The second kappa shape index (κ2) is 7.22. The van der Waals surface area contributed by atoms with E-state index in [9.17, 15) is 0 Å². The number of rotatable bonds is 5. The number of hydrogen-bond donors (Lipinski definition) is 1. The highest BCUT2D eigenvalue weighted by atomic mass is 79.9. The Kier molecular flexibility index (Phi) is 5.60. The summed E-state index contributed by atoms with van der Waals surface area (Å²) in [4.78, 5) is 11.2. The first-order valence-corrected chi connectivity index (χ1v) is 7.95. The van der Waals surface area contributed by atoms with Gasteiger partial charge in [0.25, 0.3) is 0 Å². The number of hydrogen-bond acceptors (Lipinski definition) is 5. The number of aromatic nitrogens is 2. The summed E-state index contributed by atoms with van der Waals surface area (Å²) >= 11 is 3.40. The zero-order chi connectivity index (χ0) is 14.5. The minimum Gasteiger partial charge on any atom is -0.480 e. The minimum atomic E-state index is 0.364. The second-order valence-electron chi connectivity index (χ2n) is 5.49. The molecule has 1 fully saturated rings. The fraction of sp³-hybridized carbons (Fsp3) is 0.714. The molecule has 2 heterocycles. The van der Waals surface area contributed by atoms with Crippen molar-refractivity contribution in [1.29, 1.82) is 0 Å². The zero-order valence-corrected chi connectivity index (χ0v) is 14.0. The number of methoxy groups -OCH3 is 1. The molecule has 0 amide bonds. The van der Waals surface area contributed by atoms with Crippen LogP contribution < -0.4 is 15.0 Å². The number of nitrogens with zero attached hydrogens (tertiary/aromatic N) is 3. The molecule has 0 bridgehead atoms. The first-order valence-electron chi connectivity index (χ1n) is 7.15. The zero-order valence-electron chi connectivity index (χ0n) is 12.4. The van der Waals surface area contributed by atoms with Crippen LogP contribution in [-0.4, -0.2) is 42.8 Å². The van der Waals surface area contributed by atoms with Crippen molar-refractivity contribution in [3.63, 3.8) is 0 Å². The summed E-state index contributed by atoms with van der Waals surface area (Å²) in [5.74, 6) is 1.98. The Morgan fingerprint density at radius 2 is 2.35 bits per heavy atom. The number of piperidine rings is 1. The lowest BCUT2D eigenvalue weighted by Crippen LogP contribution is -2.42. The molecule has 0 saturated carbocycles. The molecule has 1 aromatic heterocycles. The third-order valence-corrected chi connectivity index (χ3v) is 4.17. The Morgan fingerprint density at radius 3 is 2.95 bits per heavy atom. The highest BCUT2D eigenvalue weighted by Gasteiger charge is 2.21. The molecule has 0 radical (unpaired) electrons. The Morgan fingerprint density at radius 1 is 1.55 bits per heavy atom. The fourth-order valence-electron chi connectivity index (χ4n) is 2.51. The van der Waals surface area contributed by atoms with Crippen LogP contribution in [0.25, 0.3) is 0 Å². The predicted octanol–water partition coefficient (Wildman–Crippen LogP) is 2.46. The third-order valence-electron chi connectivity index (χ3n) is 3.63. The average Bonchev–Trinajstić information content (AvgIpc) is 2.46. The molecule has 1 aromatic rings. The molecule has 2 rings (SSSR count). The predicted molar refractivity (Wildman–Crippen MR) is 84.4 cm³/mol. The van der Waals surface area contributed by atoms with E-state index in [1.807, 2.05) is 0 Å². The molecule has 112 valence electrons. The van der Waals surface area contributed by atoms with E-state index in [0.717, 1.165) is 30.1 Å². The summed E-state index contributed by atoms with van der Waals surface area (Å²) in [6.45, 7) is 7.55. The van der Waals surface area contributed by atoms with E-state index in [1.165, 1.54) is 12.8 Å². The van der Waals surface area contributed by atoms with Crippen LogP contribution in [0.4, 0.5) is 5.95 Å². The fourth-order valence-corrected chi connectivity index (χ4v) is 2.86. The SMILES string of the molecule is COc1nc(N(CC2CCCNC2)C(C)C)ncc1Br. The summed E-state index contributed by atoms with van der Waals surface area (Å²) < 4.78 is 6.05. The monoisotopic (exact) mass is 342 g/mol. The van der Waals surface area contributed by atoms with Gasteiger partial charge in [-0.1, -0.05) is 0 Å². The maximum absolute atomic E-state index is 5.27. The molecule has 1 N–H and O–H groups in total. The molecule has 1 saturated heterocycles. The van der Waals surface area contributed by atoms with Crippen molar-refractivity contribution in [2.45, 2.75) is 32.7 Å². The van der Waals surface area contributed by atoms with Crippen molar-refractivity contribution in [3.8, 4) is 5.88 Å². The summed E-state index contributed by atoms with van der Waals surface area (Å²) in [5.41, 5.74) is 0. The van der Waals surface area contributed by atoms with Crippen molar-refractivity contribution in [1.82, 2.24) is 15.3 Å². The maximum Gasteiger partial charge on any atom is 0.232 e. The Balaban J connectivity index is 2.15. The number of halogens is 1. The van der Waals surface area contributed by atoms with E-state index in [4.69, 9.17) is 4.74 Å². The van der Waals surface area contributed by atoms with E-state index >= 15 is 0 Å². The third kappa shape index (κ3) is 3.82. The van der Waals surface area contributed by atoms with Gasteiger partial charge in [-0.2, -0.15) is 4.98 Å². The lowest BCUT2D eigenvalue weighted by Gasteiger charge is -2.33. The van der Waals surface area contributed by atoms with E-state index in [0.29, 0.717) is 17.8 Å². The highest BCUT2D eigenvalue weighted by Crippen LogP contribution is 2.25. The first kappa shape index (κ1) is 15.5. The van der Waals surface area contributed by atoms with E-state index in [1.54, 1.807) is 13.3 Å².